The maximum Gasteiger partial charge on any atom is 0.238 e. The standard InChI is InChI=1S/C39H36N2O4/c1-23(2)20-25-16-18-26(19-17-25)36(42)34-35(37(43)27-10-9-11-28(22-27)45-4)41-32-15-8-5-12-29(32)24(3)21-33(41)39(34)30-13-6-7-14-31(30)40-38(39)44/h5-19,21-23,33-35H,20H2,1-4H3,(H,40,44)/t33-,34-,35+,39+/m0/s1. The van der Waals surface area contributed by atoms with E-state index in [9.17, 15) is 9.59 Å². The molecule has 4 atom stereocenters. The van der Waals surface area contributed by atoms with Crippen LogP contribution >= 0.6 is 0 Å². The van der Waals surface area contributed by atoms with Gasteiger partial charge < -0.3 is 15.0 Å². The number of ether oxygens (including phenoxy) is 1. The van der Waals surface area contributed by atoms with Crippen molar-refractivity contribution in [1.82, 2.24) is 0 Å². The number of methoxy groups -OCH3 is 1. The molecule has 3 aliphatic heterocycles. The Hall–Kier alpha value is -4.97. The number of nitrogens with one attached hydrogen (secondary N) is 1. The molecule has 1 N–H and O–H groups in total. The largest absolute Gasteiger partial charge is 0.497 e. The molecule has 45 heavy (non-hydrogen) atoms. The van der Waals surface area contributed by atoms with Crippen molar-refractivity contribution in [2.75, 3.05) is 17.3 Å². The third kappa shape index (κ3) is 4.34. The zero-order valence-corrected chi connectivity index (χ0v) is 25.9. The molecule has 3 heterocycles. The summed E-state index contributed by atoms with van der Waals surface area (Å²) in [6, 6.07) is 28.7. The summed E-state index contributed by atoms with van der Waals surface area (Å²) in [5.41, 5.74) is 4.93. The Bertz CT molecular complexity index is 1870. The lowest BCUT2D eigenvalue weighted by atomic mass is 9.64. The molecule has 1 saturated heterocycles. The Morgan fingerprint density at radius 1 is 0.889 bits per heavy atom. The van der Waals surface area contributed by atoms with Crippen LogP contribution in [0.4, 0.5) is 11.4 Å². The first-order valence-electron chi connectivity index (χ1n) is 15.5. The lowest BCUT2D eigenvalue weighted by Crippen LogP contribution is -2.51. The quantitative estimate of drug-likeness (QED) is 0.230. The maximum absolute atomic E-state index is 15.1. The Morgan fingerprint density at radius 3 is 2.38 bits per heavy atom. The van der Waals surface area contributed by atoms with Crippen LogP contribution in [0, 0.1) is 11.8 Å². The van der Waals surface area contributed by atoms with E-state index in [1.165, 1.54) is 0 Å². The molecule has 0 unspecified atom stereocenters. The molecule has 4 aromatic carbocycles. The molecule has 226 valence electrons. The van der Waals surface area contributed by atoms with Crippen molar-refractivity contribution in [2.45, 2.75) is 44.7 Å². The van der Waals surface area contributed by atoms with Crippen molar-refractivity contribution in [3.8, 4) is 5.75 Å². The van der Waals surface area contributed by atoms with Crippen LogP contribution in [0.25, 0.3) is 5.57 Å². The number of amides is 1. The van der Waals surface area contributed by atoms with Gasteiger partial charge in [0, 0.05) is 28.1 Å². The lowest BCUT2D eigenvalue weighted by Gasteiger charge is -2.39. The number of nitrogens with zero attached hydrogens (tertiary/aromatic N) is 1. The van der Waals surface area contributed by atoms with Crippen molar-refractivity contribution in [1.29, 1.82) is 0 Å². The SMILES string of the molecule is COc1cccc(C(=O)[C@H]2[C@@H](C(=O)c3ccc(CC(C)C)cc3)[C@]3(C(=O)Nc4ccccc43)[C@@H]3C=C(C)c4ccccc4N32)c1. The van der Waals surface area contributed by atoms with E-state index in [4.69, 9.17) is 4.74 Å². The molecule has 0 bridgehead atoms. The van der Waals surface area contributed by atoms with E-state index >= 15 is 4.79 Å². The summed E-state index contributed by atoms with van der Waals surface area (Å²) in [6.45, 7) is 6.36. The number of allylic oxidation sites excluding steroid dienone is 1. The average molecular weight is 597 g/mol. The molecule has 0 radical (unpaired) electrons. The van der Waals surface area contributed by atoms with Crippen LogP contribution in [0.5, 0.6) is 5.75 Å². The van der Waals surface area contributed by atoms with Crippen molar-refractivity contribution in [3.63, 3.8) is 0 Å². The fourth-order valence-electron chi connectivity index (χ4n) is 7.79. The van der Waals surface area contributed by atoms with Gasteiger partial charge in [-0.2, -0.15) is 0 Å². The normalized spacial score (nSPS) is 22.9. The molecule has 6 nitrogen and oxygen atoms in total. The average Bonchev–Trinajstić information content (AvgIpc) is 3.52. The Kier molecular flexibility index (Phi) is 6.96. The topological polar surface area (TPSA) is 75.7 Å². The predicted octanol–water partition coefficient (Wildman–Crippen LogP) is 7.14. The number of carbonyl (C=O) groups is 3. The van der Waals surface area contributed by atoms with Gasteiger partial charge in [-0.05, 0) is 60.2 Å². The van der Waals surface area contributed by atoms with Crippen molar-refractivity contribution in [2.24, 2.45) is 11.8 Å². The maximum atomic E-state index is 15.1. The fourth-order valence-corrected chi connectivity index (χ4v) is 7.79. The molecule has 0 aliphatic carbocycles. The minimum atomic E-state index is -1.35. The zero-order chi connectivity index (χ0) is 31.5. The molecule has 4 aromatic rings. The Balaban J connectivity index is 1.50. The van der Waals surface area contributed by atoms with Gasteiger partial charge in [0.2, 0.25) is 5.91 Å². The monoisotopic (exact) mass is 596 g/mol. The highest BCUT2D eigenvalue weighted by Gasteiger charge is 2.70. The zero-order valence-electron chi connectivity index (χ0n) is 25.9. The number of hydrogen-bond acceptors (Lipinski definition) is 5. The van der Waals surface area contributed by atoms with Crippen molar-refractivity contribution >= 4 is 34.4 Å². The van der Waals surface area contributed by atoms with Gasteiger partial charge in [0.15, 0.2) is 11.6 Å². The summed E-state index contributed by atoms with van der Waals surface area (Å²) in [5.74, 6) is -0.719. The summed E-state index contributed by atoms with van der Waals surface area (Å²) < 4.78 is 5.48. The van der Waals surface area contributed by atoms with Crippen LogP contribution in [-0.4, -0.2) is 36.7 Å². The van der Waals surface area contributed by atoms with Gasteiger partial charge in [-0.15, -0.1) is 0 Å². The van der Waals surface area contributed by atoms with E-state index in [-0.39, 0.29) is 17.5 Å². The van der Waals surface area contributed by atoms with E-state index in [0.717, 1.165) is 34.4 Å². The van der Waals surface area contributed by atoms with E-state index in [2.05, 4.69) is 25.2 Å². The number of Topliss-reactive ketones (excluding diaryl/α,β-unsaturated/α-hetero) is 2. The molecular weight excluding hydrogens is 560 g/mol. The van der Waals surface area contributed by atoms with Crippen LogP contribution in [0.3, 0.4) is 0 Å². The van der Waals surface area contributed by atoms with Gasteiger partial charge in [0.05, 0.1) is 19.1 Å². The second kappa shape index (κ2) is 10.9. The summed E-state index contributed by atoms with van der Waals surface area (Å²) in [5, 5.41) is 3.11. The highest BCUT2D eigenvalue weighted by Crippen LogP contribution is 2.58. The van der Waals surface area contributed by atoms with Crippen LogP contribution in [0.1, 0.15) is 58.2 Å². The highest BCUT2D eigenvalue weighted by molar-refractivity contribution is 6.18. The summed E-state index contributed by atoms with van der Waals surface area (Å²) in [4.78, 5) is 46.7. The molecule has 1 spiro atoms. The molecule has 6 heteroatoms. The number of anilines is 2. The first kappa shape index (κ1) is 28.8. The Morgan fingerprint density at radius 2 is 1.62 bits per heavy atom. The number of rotatable bonds is 7. The van der Waals surface area contributed by atoms with E-state index in [1.807, 2.05) is 84.6 Å². The number of benzene rings is 4. The van der Waals surface area contributed by atoms with Crippen LogP contribution in [0.15, 0.2) is 103 Å². The van der Waals surface area contributed by atoms with Gasteiger partial charge in [0.25, 0.3) is 0 Å². The highest BCUT2D eigenvalue weighted by atomic mass is 16.5. The molecule has 1 amide bonds. The lowest BCUT2D eigenvalue weighted by molar-refractivity contribution is -0.121. The van der Waals surface area contributed by atoms with Crippen LogP contribution < -0.4 is 15.0 Å². The molecule has 0 aromatic heterocycles. The van der Waals surface area contributed by atoms with Crippen molar-refractivity contribution < 1.29 is 19.1 Å². The first-order valence-corrected chi connectivity index (χ1v) is 15.5. The third-order valence-corrected chi connectivity index (χ3v) is 9.67. The van der Waals surface area contributed by atoms with Gasteiger partial charge in [0.1, 0.15) is 17.2 Å². The smallest absolute Gasteiger partial charge is 0.238 e. The van der Waals surface area contributed by atoms with Gasteiger partial charge in [-0.25, -0.2) is 0 Å². The summed E-state index contributed by atoms with van der Waals surface area (Å²) >= 11 is 0. The second-order valence-corrected chi connectivity index (χ2v) is 12.8. The van der Waals surface area contributed by atoms with E-state index in [0.29, 0.717) is 28.5 Å². The number of fused-ring (bicyclic) bond motifs is 6. The van der Waals surface area contributed by atoms with E-state index in [1.54, 1.807) is 31.4 Å². The molecule has 3 aliphatic rings. The van der Waals surface area contributed by atoms with Crippen LogP contribution in [0.2, 0.25) is 0 Å². The van der Waals surface area contributed by atoms with Crippen molar-refractivity contribution in [3.05, 3.63) is 131 Å². The predicted molar refractivity (Wildman–Crippen MR) is 177 cm³/mol. The molecule has 7 rings (SSSR count). The minimum absolute atomic E-state index is 0.225. The van der Waals surface area contributed by atoms with Gasteiger partial charge in [-0.3, -0.25) is 14.4 Å². The number of ketones is 2. The molecule has 0 saturated carbocycles. The van der Waals surface area contributed by atoms with E-state index < -0.39 is 23.4 Å². The number of hydrogen-bond donors (Lipinski definition) is 1. The second-order valence-electron chi connectivity index (χ2n) is 12.8. The first-order chi connectivity index (χ1) is 21.7. The number of para-hydroxylation sites is 2. The number of carbonyl (C=O) groups excluding carboxylic acids is 3. The molecular formula is C39H36N2O4. The Labute approximate surface area is 263 Å². The minimum Gasteiger partial charge on any atom is -0.497 e. The molecule has 1 fully saturated rings. The van der Waals surface area contributed by atoms with Crippen LogP contribution in [-0.2, 0) is 16.6 Å². The van der Waals surface area contributed by atoms with Gasteiger partial charge in [-0.1, -0.05) is 92.7 Å². The van der Waals surface area contributed by atoms with Gasteiger partial charge >= 0.3 is 0 Å². The third-order valence-electron chi connectivity index (χ3n) is 9.67. The fraction of sp³-hybridized carbons (Fsp3) is 0.256. The summed E-state index contributed by atoms with van der Waals surface area (Å²) in [7, 11) is 1.56. The summed E-state index contributed by atoms with van der Waals surface area (Å²) in [6.07, 6.45) is 2.97.